The number of esters is 1. The average molecular weight is 360 g/mol. The van der Waals surface area contributed by atoms with Crippen molar-refractivity contribution in [2.75, 3.05) is 7.11 Å². The van der Waals surface area contributed by atoms with Crippen LogP contribution in [0.1, 0.15) is 56.1 Å². The Morgan fingerprint density at radius 3 is 2.11 bits per heavy atom. The number of benzene rings is 3. The highest BCUT2D eigenvalue weighted by Gasteiger charge is 2.25. The number of ether oxygens (including phenoxy) is 1. The minimum atomic E-state index is -0.137. The Hall–Kier alpha value is -2.35. The molecule has 0 radical (unpaired) electrons. The van der Waals surface area contributed by atoms with Gasteiger partial charge in [-0.3, -0.25) is 4.79 Å². The van der Waals surface area contributed by atoms with E-state index in [0.29, 0.717) is 5.92 Å². The summed E-state index contributed by atoms with van der Waals surface area (Å²) < 4.78 is 5.03. The molecule has 1 aliphatic rings. The number of rotatable bonds is 4. The molecular weight excluding hydrogens is 332 g/mol. The van der Waals surface area contributed by atoms with Crippen molar-refractivity contribution in [1.29, 1.82) is 0 Å². The smallest absolute Gasteiger partial charge is 0.308 e. The van der Waals surface area contributed by atoms with Gasteiger partial charge in [-0.25, -0.2) is 0 Å². The fourth-order valence-electron chi connectivity index (χ4n) is 4.91. The molecule has 0 heterocycles. The molecule has 1 fully saturated rings. The Balaban J connectivity index is 1.99. The third-order valence-corrected chi connectivity index (χ3v) is 6.21. The van der Waals surface area contributed by atoms with E-state index in [2.05, 4.69) is 48.5 Å². The van der Waals surface area contributed by atoms with Crippen LogP contribution >= 0.6 is 0 Å². The summed E-state index contributed by atoms with van der Waals surface area (Å²) in [7, 11) is 1.49. The SMILES string of the molecule is COC(=O)C(C)Cc1c(C2CCCCC2)c2ccccc2c2ccccc12. The monoisotopic (exact) mass is 360 g/mol. The predicted octanol–water partition coefficient (Wildman–Crippen LogP) is 6.39. The quantitative estimate of drug-likeness (QED) is 0.398. The Morgan fingerprint density at radius 1 is 0.926 bits per heavy atom. The number of carbonyl (C=O) groups excluding carboxylic acids is 1. The van der Waals surface area contributed by atoms with Crippen molar-refractivity contribution in [3.8, 4) is 0 Å². The van der Waals surface area contributed by atoms with Gasteiger partial charge in [-0.1, -0.05) is 74.7 Å². The van der Waals surface area contributed by atoms with Crippen LogP contribution in [0.25, 0.3) is 21.5 Å². The number of methoxy groups -OCH3 is 1. The Bertz CT molecular complexity index is 967. The first-order valence-corrected chi connectivity index (χ1v) is 10.2. The van der Waals surface area contributed by atoms with E-state index in [1.165, 1.54) is 71.9 Å². The molecule has 0 aromatic heterocycles. The summed E-state index contributed by atoms with van der Waals surface area (Å²) in [5.74, 6) is 0.330. The van der Waals surface area contributed by atoms with E-state index in [9.17, 15) is 4.79 Å². The molecule has 1 aliphatic carbocycles. The summed E-state index contributed by atoms with van der Waals surface area (Å²) in [6, 6.07) is 17.5. The molecule has 3 aromatic rings. The Labute approximate surface area is 161 Å². The highest BCUT2D eigenvalue weighted by Crippen LogP contribution is 2.43. The van der Waals surface area contributed by atoms with Crippen molar-refractivity contribution in [1.82, 2.24) is 0 Å². The van der Waals surface area contributed by atoms with Crippen LogP contribution < -0.4 is 0 Å². The van der Waals surface area contributed by atoms with E-state index in [4.69, 9.17) is 4.74 Å². The maximum Gasteiger partial charge on any atom is 0.308 e. The van der Waals surface area contributed by atoms with Gasteiger partial charge in [-0.2, -0.15) is 0 Å². The first-order chi connectivity index (χ1) is 13.2. The van der Waals surface area contributed by atoms with E-state index in [1.807, 2.05) is 6.92 Å². The molecule has 0 spiro atoms. The lowest BCUT2D eigenvalue weighted by Gasteiger charge is -2.28. The summed E-state index contributed by atoms with van der Waals surface area (Å²) in [5, 5.41) is 5.30. The lowest BCUT2D eigenvalue weighted by molar-refractivity contribution is -0.144. The van der Waals surface area contributed by atoms with Gasteiger partial charge in [0.15, 0.2) is 0 Å². The van der Waals surface area contributed by atoms with E-state index in [1.54, 1.807) is 0 Å². The molecular formula is C25H28O2. The standard InChI is InChI=1S/C25H28O2/c1-17(25(26)27-2)16-23-21-14-7-6-12-19(21)20-13-8-9-15-22(20)24(23)18-10-4-3-5-11-18/h6-9,12-15,17-18H,3-5,10-11,16H2,1-2H3. The van der Waals surface area contributed by atoms with Gasteiger partial charge in [0.05, 0.1) is 13.0 Å². The van der Waals surface area contributed by atoms with E-state index >= 15 is 0 Å². The van der Waals surface area contributed by atoms with Crippen molar-refractivity contribution in [2.24, 2.45) is 5.92 Å². The fourth-order valence-corrected chi connectivity index (χ4v) is 4.91. The number of fused-ring (bicyclic) bond motifs is 3. The second-order valence-corrected chi connectivity index (χ2v) is 7.95. The van der Waals surface area contributed by atoms with Gasteiger partial charge in [-0.05, 0) is 57.9 Å². The molecule has 0 amide bonds. The minimum Gasteiger partial charge on any atom is -0.469 e. The molecule has 3 aromatic carbocycles. The average Bonchev–Trinajstić information content (AvgIpc) is 2.74. The molecule has 4 rings (SSSR count). The summed E-state index contributed by atoms with van der Waals surface area (Å²) in [6.45, 7) is 1.99. The van der Waals surface area contributed by atoms with E-state index in [-0.39, 0.29) is 11.9 Å². The maximum absolute atomic E-state index is 12.2. The largest absolute Gasteiger partial charge is 0.469 e. The van der Waals surface area contributed by atoms with Gasteiger partial charge < -0.3 is 4.74 Å². The third-order valence-electron chi connectivity index (χ3n) is 6.21. The molecule has 0 N–H and O–H groups in total. The highest BCUT2D eigenvalue weighted by atomic mass is 16.5. The molecule has 0 saturated heterocycles. The highest BCUT2D eigenvalue weighted by molar-refractivity contribution is 6.11. The van der Waals surface area contributed by atoms with Crippen LogP contribution in [-0.2, 0) is 16.0 Å². The first kappa shape index (κ1) is 18.0. The topological polar surface area (TPSA) is 26.3 Å². The zero-order valence-electron chi connectivity index (χ0n) is 16.3. The van der Waals surface area contributed by atoms with Gasteiger partial charge in [0.1, 0.15) is 0 Å². The normalized spacial score (nSPS) is 16.5. The zero-order chi connectivity index (χ0) is 18.8. The van der Waals surface area contributed by atoms with Crippen LogP contribution in [0.5, 0.6) is 0 Å². The zero-order valence-corrected chi connectivity index (χ0v) is 16.3. The van der Waals surface area contributed by atoms with E-state index in [0.717, 1.165) is 6.42 Å². The van der Waals surface area contributed by atoms with Crippen molar-refractivity contribution in [3.63, 3.8) is 0 Å². The van der Waals surface area contributed by atoms with Gasteiger partial charge >= 0.3 is 5.97 Å². The van der Waals surface area contributed by atoms with Crippen LogP contribution in [0.2, 0.25) is 0 Å². The third kappa shape index (κ3) is 3.34. The second-order valence-electron chi connectivity index (χ2n) is 7.95. The van der Waals surface area contributed by atoms with Crippen LogP contribution in [0.4, 0.5) is 0 Å². The molecule has 1 atom stereocenters. The van der Waals surface area contributed by atoms with Crippen LogP contribution in [-0.4, -0.2) is 13.1 Å². The molecule has 0 aliphatic heterocycles. The number of hydrogen-bond acceptors (Lipinski definition) is 2. The fraction of sp³-hybridized carbons (Fsp3) is 0.400. The van der Waals surface area contributed by atoms with Gasteiger partial charge in [-0.15, -0.1) is 0 Å². The van der Waals surface area contributed by atoms with Gasteiger partial charge in [0.2, 0.25) is 0 Å². The first-order valence-electron chi connectivity index (χ1n) is 10.2. The molecule has 0 bridgehead atoms. The van der Waals surface area contributed by atoms with Gasteiger partial charge in [0.25, 0.3) is 0 Å². The summed E-state index contributed by atoms with van der Waals surface area (Å²) in [6.07, 6.45) is 7.19. The second kappa shape index (κ2) is 7.72. The predicted molar refractivity (Wildman–Crippen MR) is 112 cm³/mol. The Morgan fingerprint density at radius 2 is 1.48 bits per heavy atom. The van der Waals surface area contributed by atoms with Gasteiger partial charge in [0, 0.05) is 0 Å². The molecule has 27 heavy (non-hydrogen) atoms. The molecule has 2 heteroatoms. The van der Waals surface area contributed by atoms with Crippen LogP contribution in [0, 0.1) is 5.92 Å². The molecule has 1 unspecified atom stereocenters. The minimum absolute atomic E-state index is 0.123. The molecule has 1 saturated carbocycles. The van der Waals surface area contributed by atoms with Crippen LogP contribution in [0.3, 0.4) is 0 Å². The van der Waals surface area contributed by atoms with Crippen molar-refractivity contribution < 1.29 is 9.53 Å². The lowest BCUT2D eigenvalue weighted by atomic mass is 9.76. The van der Waals surface area contributed by atoms with Crippen molar-refractivity contribution >= 4 is 27.5 Å². The lowest BCUT2D eigenvalue weighted by Crippen LogP contribution is -2.17. The van der Waals surface area contributed by atoms with Crippen molar-refractivity contribution in [2.45, 2.75) is 51.4 Å². The van der Waals surface area contributed by atoms with Crippen molar-refractivity contribution in [3.05, 3.63) is 59.7 Å². The summed E-state index contributed by atoms with van der Waals surface area (Å²) in [5.41, 5.74) is 2.84. The number of carbonyl (C=O) groups is 1. The van der Waals surface area contributed by atoms with E-state index < -0.39 is 0 Å². The summed E-state index contributed by atoms with van der Waals surface area (Å²) >= 11 is 0. The molecule has 140 valence electrons. The van der Waals surface area contributed by atoms with Crippen LogP contribution in [0.15, 0.2) is 48.5 Å². The Kier molecular flexibility index (Phi) is 5.15. The maximum atomic E-state index is 12.2. The summed E-state index contributed by atoms with van der Waals surface area (Å²) in [4.78, 5) is 12.2. The number of hydrogen-bond donors (Lipinski definition) is 0. The molecule has 2 nitrogen and oxygen atoms in total.